The number of fused-ring (bicyclic) bond motifs is 1. The molecule has 1 amide bonds. The summed E-state index contributed by atoms with van der Waals surface area (Å²) < 4.78 is 28.0. The molecule has 1 aliphatic rings. The van der Waals surface area contributed by atoms with Crippen molar-refractivity contribution in [2.75, 3.05) is 31.9 Å². The lowest BCUT2D eigenvalue weighted by molar-refractivity contribution is -0.129. The summed E-state index contributed by atoms with van der Waals surface area (Å²) >= 11 is 0. The molecule has 0 radical (unpaired) electrons. The molecule has 25 heavy (non-hydrogen) atoms. The van der Waals surface area contributed by atoms with E-state index in [1.807, 2.05) is 16.8 Å². The quantitative estimate of drug-likeness (QED) is 0.783. The molecular formula is C16H23N5O3S. The Hall–Kier alpha value is -2.00. The highest BCUT2D eigenvalue weighted by Crippen LogP contribution is 2.17. The van der Waals surface area contributed by atoms with Crippen LogP contribution in [0, 0.1) is 5.92 Å². The third-order valence-electron chi connectivity index (χ3n) is 4.59. The van der Waals surface area contributed by atoms with Crippen LogP contribution in [-0.2, 0) is 21.2 Å². The largest absolute Gasteiger partial charge is 0.341 e. The van der Waals surface area contributed by atoms with Gasteiger partial charge in [-0.05, 0) is 19.3 Å². The van der Waals surface area contributed by atoms with Gasteiger partial charge in [0.1, 0.15) is 0 Å². The van der Waals surface area contributed by atoms with Crippen molar-refractivity contribution in [1.82, 2.24) is 23.6 Å². The second-order valence-corrected chi connectivity index (χ2v) is 8.62. The Kier molecular flexibility index (Phi) is 5.05. The molecule has 1 aliphatic heterocycles. The maximum atomic E-state index is 12.3. The van der Waals surface area contributed by atoms with Crippen LogP contribution in [0.25, 0.3) is 5.65 Å². The number of rotatable bonds is 4. The molecule has 2 aromatic heterocycles. The fraction of sp³-hybridized carbons (Fsp3) is 0.562. The van der Waals surface area contributed by atoms with Gasteiger partial charge in [0.25, 0.3) is 0 Å². The number of carbonyl (C=O) groups is 1. The number of aromatic nitrogens is 3. The van der Waals surface area contributed by atoms with E-state index in [-0.39, 0.29) is 17.6 Å². The van der Waals surface area contributed by atoms with Gasteiger partial charge in [0, 0.05) is 51.7 Å². The topological polar surface area (TPSA) is 87.9 Å². The first-order valence-corrected chi connectivity index (χ1v) is 10.0. The molecule has 1 saturated heterocycles. The molecule has 1 atom stereocenters. The smallest absolute Gasteiger partial charge is 0.219 e. The fourth-order valence-electron chi connectivity index (χ4n) is 3.19. The standard InChI is InChI=1S/C16H23N5O3S/c1-3-25(23,24)21-7-6-19(13(2)22)10-14(11-21)8-15-12-20-5-4-17-16(20)9-18-15/h4-5,9,12,14H,3,6-8,10-11H2,1-2H3. The predicted octanol–water partition coefficient (Wildman–Crippen LogP) is 0.402. The Morgan fingerprint density at radius 1 is 1.28 bits per heavy atom. The first-order valence-electron chi connectivity index (χ1n) is 8.40. The Balaban J connectivity index is 1.83. The zero-order valence-corrected chi connectivity index (χ0v) is 15.3. The van der Waals surface area contributed by atoms with Crippen molar-refractivity contribution < 1.29 is 13.2 Å². The molecule has 9 heteroatoms. The van der Waals surface area contributed by atoms with Gasteiger partial charge in [-0.15, -0.1) is 0 Å². The van der Waals surface area contributed by atoms with E-state index in [1.54, 1.807) is 24.2 Å². The second-order valence-electron chi connectivity index (χ2n) is 6.37. The van der Waals surface area contributed by atoms with Crippen LogP contribution >= 0.6 is 0 Å². The van der Waals surface area contributed by atoms with Crippen molar-refractivity contribution in [1.29, 1.82) is 0 Å². The minimum atomic E-state index is -3.28. The summed E-state index contributed by atoms with van der Waals surface area (Å²) in [5, 5.41) is 0. The maximum Gasteiger partial charge on any atom is 0.219 e. The van der Waals surface area contributed by atoms with Crippen molar-refractivity contribution in [3.63, 3.8) is 0 Å². The zero-order valence-electron chi connectivity index (χ0n) is 14.5. The number of hydrogen-bond donors (Lipinski definition) is 0. The van der Waals surface area contributed by atoms with Crippen molar-refractivity contribution in [2.24, 2.45) is 5.92 Å². The zero-order chi connectivity index (χ0) is 18.0. The van der Waals surface area contributed by atoms with E-state index >= 15 is 0 Å². The summed E-state index contributed by atoms with van der Waals surface area (Å²) in [6, 6.07) is 0. The molecule has 136 valence electrons. The van der Waals surface area contributed by atoms with Crippen LogP contribution in [0.4, 0.5) is 0 Å². The van der Waals surface area contributed by atoms with Crippen LogP contribution < -0.4 is 0 Å². The van der Waals surface area contributed by atoms with Crippen LogP contribution in [-0.4, -0.2) is 69.8 Å². The molecule has 0 spiro atoms. The summed E-state index contributed by atoms with van der Waals surface area (Å²) in [4.78, 5) is 22.2. The number of nitrogens with zero attached hydrogens (tertiary/aromatic N) is 5. The minimum Gasteiger partial charge on any atom is -0.341 e. The fourth-order valence-corrected chi connectivity index (χ4v) is 4.35. The van der Waals surface area contributed by atoms with Gasteiger partial charge in [0.2, 0.25) is 15.9 Å². The lowest BCUT2D eigenvalue weighted by atomic mass is 10.0. The summed E-state index contributed by atoms with van der Waals surface area (Å²) in [5.74, 6) is 0.0407. The van der Waals surface area contributed by atoms with Crippen LogP contribution in [0.3, 0.4) is 0 Å². The van der Waals surface area contributed by atoms with Gasteiger partial charge >= 0.3 is 0 Å². The summed E-state index contributed by atoms with van der Waals surface area (Å²) in [5.41, 5.74) is 1.62. The molecule has 1 fully saturated rings. The van der Waals surface area contributed by atoms with Crippen molar-refractivity contribution in [2.45, 2.75) is 20.3 Å². The number of hydrogen-bond acceptors (Lipinski definition) is 5. The Morgan fingerprint density at radius 3 is 2.80 bits per heavy atom. The third-order valence-corrected chi connectivity index (χ3v) is 6.44. The van der Waals surface area contributed by atoms with Gasteiger partial charge in [-0.3, -0.25) is 9.78 Å². The molecule has 8 nitrogen and oxygen atoms in total. The first kappa shape index (κ1) is 17.8. The van der Waals surface area contributed by atoms with Crippen molar-refractivity contribution in [3.05, 3.63) is 30.5 Å². The van der Waals surface area contributed by atoms with Gasteiger partial charge in [0.15, 0.2) is 5.65 Å². The normalized spacial score (nSPS) is 19.9. The Bertz CT molecular complexity index is 864. The van der Waals surface area contributed by atoms with Crippen molar-refractivity contribution in [3.8, 4) is 0 Å². The summed E-state index contributed by atoms with van der Waals surface area (Å²) in [7, 11) is -3.28. The maximum absolute atomic E-state index is 12.3. The van der Waals surface area contributed by atoms with Gasteiger partial charge < -0.3 is 9.30 Å². The third kappa shape index (κ3) is 3.98. The van der Waals surface area contributed by atoms with E-state index in [0.29, 0.717) is 32.6 Å². The minimum absolute atomic E-state index is 0.00111. The van der Waals surface area contributed by atoms with E-state index in [9.17, 15) is 13.2 Å². The highest BCUT2D eigenvalue weighted by molar-refractivity contribution is 7.89. The number of carbonyl (C=O) groups excluding carboxylic acids is 1. The monoisotopic (exact) mass is 365 g/mol. The van der Waals surface area contributed by atoms with Crippen LogP contribution in [0.1, 0.15) is 19.5 Å². The van der Waals surface area contributed by atoms with Gasteiger partial charge in [-0.2, -0.15) is 4.31 Å². The van der Waals surface area contributed by atoms with Gasteiger partial charge in [0.05, 0.1) is 17.6 Å². The SMILES string of the molecule is CCS(=O)(=O)N1CCN(C(C)=O)CC(Cc2cn3ccnc3cn2)C1. The average molecular weight is 365 g/mol. The highest BCUT2D eigenvalue weighted by atomic mass is 32.2. The molecule has 2 aromatic rings. The number of imidazole rings is 1. The average Bonchev–Trinajstić information content (AvgIpc) is 2.93. The van der Waals surface area contributed by atoms with Crippen LogP contribution in [0.5, 0.6) is 0 Å². The lowest BCUT2D eigenvalue weighted by Crippen LogP contribution is -2.37. The second kappa shape index (κ2) is 7.09. The molecular weight excluding hydrogens is 342 g/mol. The van der Waals surface area contributed by atoms with E-state index in [1.165, 1.54) is 11.2 Å². The Labute approximate surface area is 147 Å². The molecule has 0 N–H and O–H groups in total. The lowest BCUT2D eigenvalue weighted by Gasteiger charge is -2.23. The van der Waals surface area contributed by atoms with Gasteiger partial charge in [-0.25, -0.2) is 13.4 Å². The molecule has 3 rings (SSSR count). The molecule has 0 bridgehead atoms. The molecule has 0 aliphatic carbocycles. The Morgan fingerprint density at radius 2 is 2.08 bits per heavy atom. The van der Waals surface area contributed by atoms with E-state index in [2.05, 4.69) is 9.97 Å². The molecule has 0 saturated carbocycles. The number of sulfonamides is 1. The summed E-state index contributed by atoms with van der Waals surface area (Å²) in [6.07, 6.45) is 7.77. The predicted molar refractivity (Wildman–Crippen MR) is 93.5 cm³/mol. The van der Waals surface area contributed by atoms with Crippen LogP contribution in [0.2, 0.25) is 0 Å². The molecule has 1 unspecified atom stereocenters. The summed E-state index contributed by atoms with van der Waals surface area (Å²) in [6.45, 7) is 4.89. The van der Waals surface area contributed by atoms with E-state index in [0.717, 1.165) is 11.3 Å². The van der Waals surface area contributed by atoms with E-state index < -0.39 is 10.0 Å². The number of amides is 1. The van der Waals surface area contributed by atoms with E-state index in [4.69, 9.17) is 0 Å². The van der Waals surface area contributed by atoms with Crippen molar-refractivity contribution >= 4 is 21.6 Å². The molecule has 0 aromatic carbocycles. The highest BCUT2D eigenvalue weighted by Gasteiger charge is 2.30. The first-order chi connectivity index (χ1) is 11.9. The van der Waals surface area contributed by atoms with Gasteiger partial charge in [-0.1, -0.05) is 0 Å². The van der Waals surface area contributed by atoms with Crippen LogP contribution in [0.15, 0.2) is 24.8 Å². The molecule has 3 heterocycles.